The number of hydrogen-bond donors (Lipinski definition) is 1. The Labute approximate surface area is 229 Å². The van der Waals surface area contributed by atoms with Crippen molar-refractivity contribution in [2.45, 2.75) is 46.6 Å². The molecule has 0 unspecified atom stereocenters. The lowest BCUT2D eigenvalue weighted by Crippen LogP contribution is -2.15. The molecule has 2 aromatic heterocycles. The van der Waals surface area contributed by atoms with Gasteiger partial charge < -0.3 is 14.6 Å². The lowest BCUT2D eigenvalue weighted by atomic mass is 9.97. The summed E-state index contributed by atoms with van der Waals surface area (Å²) in [6.45, 7) is 7.42. The van der Waals surface area contributed by atoms with E-state index in [1.807, 2.05) is 12.1 Å². The predicted octanol–water partition coefficient (Wildman–Crippen LogP) is 8.13. The number of anilines is 1. The molecule has 0 spiro atoms. The molecule has 1 N–H and O–H groups in total. The van der Waals surface area contributed by atoms with Gasteiger partial charge in [-0.1, -0.05) is 66.3 Å². The van der Waals surface area contributed by atoms with Crippen molar-refractivity contribution in [3.05, 3.63) is 101 Å². The lowest BCUT2D eigenvalue weighted by Gasteiger charge is -2.15. The topological polar surface area (TPSA) is 30.6 Å². The van der Waals surface area contributed by atoms with E-state index in [-0.39, 0.29) is 0 Å². The third-order valence-corrected chi connectivity index (χ3v) is 8.22. The quantitative estimate of drug-likeness (QED) is 0.238. The summed E-state index contributed by atoms with van der Waals surface area (Å²) in [4.78, 5) is 0.735. The lowest BCUT2D eigenvalue weighted by molar-refractivity contribution is 0.415. The zero-order chi connectivity index (χ0) is 26.4. The zero-order valence-electron chi connectivity index (χ0n) is 22.5. The maximum absolute atomic E-state index is 6.20. The summed E-state index contributed by atoms with van der Waals surface area (Å²) >= 11 is 6.20. The van der Waals surface area contributed by atoms with Gasteiger partial charge in [-0.15, -0.1) is 0 Å². The van der Waals surface area contributed by atoms with Gasteiger partial charge in [-0.05, 0) is 80.5 Å². The van der Waals surface area contributed by atoms with Crippen LogP contribution in [0.15, 0.2) is 72.9 Å². The Kier molecular flexibility index (Phi) is 6.32. The number of methoxy groups -OCH3 is 1. The number of rotatable bonds is 5. The molecule has 5 aromatic rings. The molecular formula is C33H33N3OS. The van der Waals surface area contributed by atoms with E-state index in [9.17, 15) is 0 Å². The highest BCUT2D eigenvalue weighted by Crippen LogP contribution is 2.40. The van der Waals surface area contributed by atoms with Crippen LogP contribution in [0.3, 0.4) is 0 Å². The van der Waals surface area contributed by atoms with E-state index in [1.165, 1.54) is 44.7 Å². The van der Waals surface area contributed by atoms with Gasteiger partial charge in [0.2, 0.25) is 0 Å². The Morgan fingerprint density at radius 3 is 2.37 bits per heavy atom. The maximum Gasteiger partial charge on any atom is 0.128 e. The first-order valence-electron chi connectivity index (χ1n) is 13.3. The van der Waals surface area contributed by atoms with Crippen molar-refractivity contribution in [2.24, 2.45) is 0 Å². The van der Waals surface area contributed by atoms with E-state index in [0.29, 0.717) is 0 Å². The number of thiocarbonyl (C=S) groups is 1. The number of nitrogens with one attached hydrogen (secondary N) is 1. The van der Waals surface area contributed by atoms with Crippen LogP contribution in [0.5, 0.6) is 5.75 Å². The fraction of sp³-hybridized carbons (Fsp3) is 0.242. The fourth-order valence-corrected chi connectivity index (χ4v) is 6.01. The number of hydrogen-bond acceptors (Lipinski definition) is 2. The Hall–Kier alpha value is -3.83. The summed E-state index contributed by atoms with van der Waals surface area (Å²) in [6.07, 6.45) is 5.61. The molecule has 0 atom stereocenters. The summed E-state index contributed by atoms with van der Waals surface area (Å²) in [5.41, 5.74) is 13.3. The second-order valence-corrected chi connectivity index (χ2v) is 10.7. The zero-order valence-corrected chi connectivity index (χ0v) is 23.3. The number of aryl methyl sites for hydroxylation is 4. The molecule has 0 fully saturated rings. The summed E-state index contributed by atoms with van der Waals surface area (Å²) in [5.74, 6) is 0.854. The minimum Gasteiger partial charge on any atom is -0.497 e. The molecule has 3 aromatic carbocycles. The average molecular weight is 520 g/mol. The maximum atomic E-state index is 6.20. The largest absolute Gasteiger partial charge is 0.497 e. The van der Waals surface area contributed by atoms with Crippen LogP contribution >= 0.6 is 12.2 Å². The van der Waals surface area contributed by atoms with Crippen molar-refractivity contribution in [1.29, 1.82) is 0 Å². The Morgan fingerprint density at radius 1 is 0.895 bits per heavy atom. The van der Waals surface area contributed by atoms with Crippen molar-refractivity contribution in [3.63, 3.8) is 0 Å². The number of ether oxygens (including phenoxy) is 1. The highest BCUT2D eigenvalue weighted by atomic mass is 32.1. The van der Waals surface area contributed by atoms with Crippen LogP contribution in [0.1, 0.15) is 40.8 Å². The molecule has 4 nitrogen and oxygen atoms in total. The summed E-state index contributed by atoms with van der Waals surface area (Å²) in [6, 6.07) is 23.6. The Bertz CT molecular complexity index is 1660. The number of imidazole rings is 1. The second kappa shape index (κ2) is 9.80. The molecular weight excluding hydrogens is 486 g/mol. The molecule has 6 rings (SSSR count). The molecule has 0 saturated heterocycles. The molecule has 0 aliphatic carbocycles. The molecule has 1 aliphatic rings. The van der Waals surface area contributed by atoms with Gasteiger partial charge >= 0.3 is 0 Å². The SMILES string of the molecule is COc1ccc(-c2c3c4n(c(-c5ccc(C)cc5)cn4c2C(=S)Nc2cccc(C)c2C)CCCC3)cc1. The van der Waals surface area contributed by atoms with E-state index < -0.39 is 0 Å². The van der Waals surface area contributed by atoms with Crippen LogP contribution in [-0.2, 0) is 13.0 Å². The smallest absolute Gasteiger partial charge is 0.128 e. The number of aromatic nitrogens is 2. The molecule has 0 radical (unpaired) electrons. The van der Waals surface area contributed by atoms with Crippen LogP contribution in [0.25, 0.3) is 28.0 Å². The standard InChI is InChI=1S/C33H33N3OS/c1-21-11-13-24(14-12-21)29-20-36-31(32(38)34-28-10-7-8-22(2)23(28)3)30(25-15-17-26(37-4)18-16-25)27-9-5-6-19-35(29)33(27)36/h7-8,10-18,20H,5-6,9,19H2,1-4H3,(H,34,38). The first-order chi connectivity index (χ1) is 18.5. The van der Waals surface area contributed by atoms with Crippen LogP contribution < -0.4 is 10.1 Å². The Morgan fingerprint density at radius 2 is 1.63 bits per heavy atom. The normalized spacial score (nSPS) is 12.9. The summed E-state index contributed by atoms with van der Waals surface area (Å²) < 4.78 is 10.3. The summed E-state index contributed by atoms with van der Waals surface area (Å²) in [7, 11) is 1.71. The molecule has 0 bridgehead atoms. The average Bonchev–Trinajstić information content (AvgIpc) is 3.34. The predicted molar refractivity (Wildman–Crippen MR) is 162 cm³/mol. The van der Waals surface area contributed by atoms with Crippen LogP contribution in [0.4, 0.5) is 5.69 Å². The van der Waals surface area contributed by atoms with E-state index in [0.717, 1.165) is 53.5 Å². The molecule has 38 heavy (non-hydrogen) atoms. The van der Waals surface area contributed by atoms with Gasteiger partial charge in [0, 0.05) is 29.6 Å². The summed E-state index contributed by atoms with van der Waals surface area (Å²) in [5, 5.41) is 3.62. The van der Waals surface area contributed by atoms with Gasteiger partial charge in [0.1, 0.15) is 16.4 Å². The van der Waals surface area contributed by atoms with Crippen molar-refractivity contribution in [2.75, 3.05) is 12.4 Å². The fourth-order valence-electron chi connectivity index (χ4n) is 5.70. The molecule has 0 amide bonds. The van der Waals surface area contributed by atoms with Crippen molar-refractivity contribution >= 4 is 28.5 Å². The highest BCUT2D eigenvalue weighted by molar-refractivity contribution is 7.81. The van der Waals surface area contributed by atoms with Crippen LogP contribution in [0.2, 0.25) is 0 Å². The molecule has 0 saturated carbocycles. The van der Waals surface area contributed by atoms with E-state index in [4.69, 9.17) is 17.0 Å². The van der Waals surface area contributed by atoms with Gasteiger partial charge in [0.25, 0.3) is 0 Å². The van der Waals surface area contributed by atoms with E-state index in [1.54, 1.807) is 7.11 Å². The number of benzene rings is 3. The molecule has 192 valence electrons. The number of nitrogens with zero attached hydrogens (tertiary/aromatic N) is 2. The molecule has 3 heterocycles. The highest BCUT2D eigenvalue weighted by Gasteiger charge is 2.28. The van der Waals surface area contributed by atoms with Gasteiger partial charge in [0.15, 0.2) is 0 Å². The molecule has 1 aliphatic heterocycles. The van der Waals surface area contributed by atoms with Gasteiger partial charge in [-0.2, -0.15) is 0 Å². The first-order valence-corrected chi connectivity index (χ1v) is 13.7. The monoisotopic (exact) mass is 519 g/mol. The van der Waals surface area contributed by atoms with Gasteiger partial charge in [0.05, 0.1) is 18.5 Å². The Balaban J connectivity index is 1.60. The van der Waals surface area contributed by atoms with Crippen LogP contribution in [0, 0.1) is 20.8 Å². The minimum absolute atomic E-state index is 0.735. The second-order valence-electron chi connectivity index (χ2n) is 10.3. The van der Waals surface area contributed by atoms with Crippen molar-refractivity contribution < 1.29 is 4.74 Å². The third-order valence-electron chi connectivity index (χ3n) is 7.93. The van der Waals surface area contributed by atoms with Gasteiger partial charge in [-0.3, -0.25) is 4.40 Å². The van der Waals surface area contributed by atoms with E-state index in [2.05, 4.69) is 95.8 Å². The minimum atomic E-state index is 0.735. The third kappa shape index (κ3) is 4.11. The van der Waals surface area contributed by atoms with Crippen molar-refractivity contribution in [3.8, 4) is 28.1 Å². The van der Waals surface area contributed by atoms with E-state index >= 15 is 0 Å². The van der Waals surface area contributed by atoms with Crippen molar-refractivity contribution in [1.82, 2.24) is 8.97 Å². The first kappa shape index (κ1) is 24.5. The van der Waals surface area contributed by atoms with Gasteiger partial charge in [-0.25, -0.2) is 0 Å². The molecule has 5 heteroatoms. The van der Waals surface area contributed by atoms with Crippen LogP contribution in [-0.4, -0.2) is 21.1 Å².